The molecule has 1 aliphatic heterocycles. The predicted molar refractivity (Wildman–Crippen MR) is 122 cm³/mol. The Kier molecular flexibility index (Phi) is 7.39. The van der Waals surface area contributed by atoms with Gasteiger partial charge in [0, 0.05) is 43.5 Å². The minimum Gasteiger partial charge on any atom is -0.497 e. The number of thiazole rings is 1. The van der Waals surface area contributed by atoms with Gasteiger partial charge >= 0.3 is 0 Å². The van der Waals surface area contributed by atoms with Gasteiger partial charge in [0.2, 0.25) is 5.91 Å². The molecule has 0 unspecified atom stereocenters. The molecule has 6 heteroatoms. The minimum absolute atomic E-state index is 0.356. The van der Waals surface area contributed by atoms with E-state index in [1.807, 2.05) is 18.2 Å². The van der Waals surface area contributed by atoms with Crippen molar-refractivity contribution < 1.29 is 9.53 Å². The molecule has 0 atom stereocenters. The third-order valence-electron chi connectivity index (χ3n) is 6.49. The van der Waals surface area contributed by atoms with Crippen LogP contribution in [0.2, 0.25) is 0 Å². The van der Waals surface area contributed by atoms with E-state index in [0.29, 0.717) is 5.91 Å². The summed E-state index contributed by atoms with van der Waals surface area (Å²) in [5.74, 6) is 1.99. The normalized spacial score (nSPS) is 18.5. The van der Waals surface area contributed by atoms with E-state index in [2.05, 4.69) is 21.2 Å². The average molecular weight is 428 g/mol. The summed E-state index contributed by atoms with van der Waals surface area (Å²) in [5.41, 5.74) is 2.09. The van der Waals surface area contributed by atoms with Gasteiger partial charge in [0.25, 0.3) is 0 Å². The van der Waals surface area contributed by atoms with Gasteiger partial charge in [0.05, 0.1) is 19.3 Å². The molecule has 2 fully saturated rings. The predicted octanol–water partition coefficient (Wildman–Crippen LogP) is 4.82. The molecule has 1 aromatic carbocycles. The molecule has 0 N–H and O–H groups in total. The topological polar surface area (TPSA) is 45.7 Å². The highest BCUT2D eigenvalue weighted by molar-refractivity contribution is 7.09. The maximum atomic E-state index is 12.6. The first kappa shape index (κ1) is 21.3. The number of hydrogen-bond donors (Lipinski definition) is 0. The van der Waals surface area contributed by atoms with E-state index in [0.717, 1.165) is 73.5 Å². The fourth-order valence-electron chi connectivity index (χ4n) is 4.61. The molecule has 30 heavy (non-hydrogen) atoms. The van der Waals surface area contributed by atoms with Crippen molar-refractivity contribution in [2.75, 3.05) is 33.3 Å². The van der Waals surface area contributed by atoms with Crippen LogP contribution in [0.25, 0.3) is 11.3 Å². The Balaban J connectivity index is 1.23. The number of nitrogens with zero attached hydrogens (tertiary/aromatic N) is 3. The Morgan fingerprint density at radius 2 is 1.97 bits per heavy atom. The molecule has 0 bridgehead atoms. The van der Waals surface area contributed by atoms with Gasteiger partial charge in [-0.2, -0.15) is 0 Å². The van der Waals surface area contributed by atoms with Gasteiger partial charge in [-0.15, -0.1) is 11.3 Å². The molecule has 0 radical (unpaired) electrons. The van der Waals surface area contributed by atoms with Crippen molar-refractivity contribution in [3.63, 3.8) is 0 Å². The number of rotatable bonds is 7. The lowest BCUT2D eigenvalue weighted by molar-refractivity contribution is -0.133. The van der Waals surface area contributed by atoms with Gasteiger partial charge in [-0.1, -0.05) is 44.2 Å². The molecule has 1 aliphatic carbocycles. The molecule has 1 aromatic heterocycles. The first-order chi connectivity index (χ1) is 14.7. The first-order valence-corrected chi connectivity index (χ1v) is 12.2. The number of methoxy groups -OCH3 is 1. The van der Waals surface area contributed by atoms with E-state index in [9.17, 15) is 4.79 Å². The molecular formula is C24H33N3O2S. The lowest BCUT2D eigenvalue weighted by atomic mass is 9.86. The summed E-state index contributed by atoms with van der Waals surface area (Å²) in [7, 11) is 1.69. The molecule has 1 amide bonds. The average Bonchev–Trinajstić information content (AvgIpc) is 3.27. The van der Waals surface area contributed by atoms with Crippen LogP contribution in [-0.2, 0) is 11.3 Å². The molecule has 1 saturated carbocycles. The Morgan fingerprint density at radius 3 is 2.73 bits per heavy atom. The van der Waals surface area contributed by atoms with Crippen LogP contribution >= 0.6 is 11.3 Å². The van der Waals surface area contributed by atoms with Crippen molar-refractivity contribution in [2.24, 2.45) is 5.92 Å². The fourth-order valence-corrected chi connectivity index (χ4v) is 5.45. The zero-order valence-electron chi connectivity index (χ0n) is 18.0. The molecule has 0 spiro atoms. The van der Waals surface area contributed by atoms with Crippen molar-refractivity contribution in [2.45, 2.75) is 51.5 Å². The SMILES string of the molecule is COc1cccc(-c2csc(CN3CCN(C(=O)CCC4CCCCC4)CC3)n2)c1. The summed E-state index contributed by atoms with van der Waals surface area (Å²) >= 11 is 1.71. The number of hydrogen-bond acceptors (Lipinski definition) is 5. The molecule has 2 heterocycles. The largest absolute Gasteiger partial charge is 0.497 e. The Bertz CT molecular complexity index is 823. The zero-order chi connectivity index (χ0) is 20.8. The number of amides is 1. The van der Waals surface area contributed by atoms with Gasteiger partial charge < -0.3 is 9.64 Å². The van der Waals surface area contributed by atoms with Gasteiger partial charge in [-0.3, -0.25) is 9.69 Å². The van der Waals surface area contributed by atoms with E-state index >= 15 is 0 Å². The molecule has 2 aliphatic rings. The van der Waals surface area contributed by atoms with Crippen LogP contribution in [0.5, 0.6) is 5.75 Å². The van der Waals surface area contributed by atoms with E-state index in [4.69, 9.17) is 9.72 Å². The molecule has 162 valence electrons. The van der Waals surface area contributed by atoms with E-state index in [1.165, 1.54) is 32.1 Å². The summed E-state index contributed by atoms with van der Waals surface area (Å²) < 4.78 is 5.32. The Labute approximate surface area is 184 Å². The summed E-state index contributed by atoms with van der Waals surface area (Å²) in [5, 5.41) is 3.25. The highest BCUT2D eigenvalue weighted by atomic mass is 32.1. The van der Waals surface area contributed by atoms with Crippen LogP contribution < -0.4 is 4.74 Å². The number of carbonyl (C=O) groups is 1. The lowest BCUT2D eigenvalue weighted by Crippen LogP contribution is -2.48. The quantitative estimate of drug-likeness (QED) is 0.635. The number of aromatic nitrogens is 1. The van der Waals surface area contributed by atoms with Crippen molar-refractivity contribution >= 4 is 17.2 Å². The number of benzene rings is 1. The number of carbonyl (C=O) groups excluding carboxylic acids is 1. The number of piperazine rings is 1. The Hall–Kier alpha value is -1.92. The van der Waals surface area contributed by atoms with Gasteiger partial charge in [-0.05, 0) is 24.5 Å². The van der Waals surface area contributed by atoms with Crippen molar-refractivity contribution in [1.82, 2.24) is 14.8 Å². The summed E-state index contributed by atoms with van der Waals surface area (Å²) in [6, 6.07) is 8.04. The van der Waals surface area contributed by atoms with Gasteiger partial charge in [0.1, 0.15) is 10.8 Å². The third-order valence-corrected chi connectivity index (χ3v) is 7.33. The summed E-state index contributed by atoms with van der Waals surface area (Å²) in [4.78, 5) is 21.9. The summed E-state index contributed by atoms with van der Waals surface area (Å²) in [6.07, 6.45) is 8.57. The number of ether oxygens (including phenoxy) is 1. The van der Waals surface area contributed by atoms with Crippen LogP contribution in [0.4, 0.5) is 0 Å². The highest BCUT2D eigenvalue weighted by Gasteiger charge is 2.23. The minimum atomic E-state index is 0.356. The van der Waals surface area contributed by atoms with E-state index in [-0.39, 0.29) is 0 Å². The van der Waals surface area contributed by atoms with Crippen LogP contribution in [-0.4, -0.2) is 54.0 Å². The first-order valence-electron chi connectivity index (χ1n) is 11.3. The van der Waals surface area contributed by atoms with Crippen LogP contribution in [0.15, 0.2) is 29.6 Å². The van der Waals surface area contributed by atoms with Crippen molar-refractivity contribution in [3.8, 4) is 17.0 Å². The lowest BCUT2D eigenvalue weighted by Gasteiger charge is -2.34. The van der Waals surface area contributed by atoms with Crippen LogP contribution in [0.1, 0.15) is 50.0 Å². The van der Waals surface area contributed by atoms with E-state index < -0.39 is 0 Å². The third kappa shape index (κ3) is 5.61. The molecule has 5 nitrogen and oxygen atoms in total. The van der Waals surface area contributed by atoms with Crippen molar-refractivity contribution in [3.05, 3.63) is 34.7 Å². The van der Waals surface area contributed by atoms with Gasteiger partial charge in [0.15, 0.2) is 0 Å². The summed E-state index contributed by atoms with van der Waals surface area (Å²) in [6.45, 7) is 4.42. The zero-order valence-corrected chi connectivity index (χ0v) is 18.8. The maximum Gasteiger partial charge on any atom is 0.222 e. The standard InChI is InChI=1S/C24H33N3O2S/c1-29-21-9-5-8-20(16-21)22-18-30-23(25-22)17-26-12-14-27(15-13-26)24(28)11-10-19-6-3-2-4-7-19/h5,8-9,16,18-19H,2-4,6-7,10-15,17H2,1H3. The second kappa shape index (κ2) is 10.4. The highest BCUT2D eigenvalue weighted by Crippen LogP contribution is 2.28. The molecule has 4 rings (SSSR count). The maximum absolute atomic E-state index is 12.6. The fraction of sp³-hybridized carbons (Fsp3) is 0.583. The smallest absolute Gasteiger partial charge is 0.222 e. The molecule has 2 aromatic rings. The second-order valence-electron chi connectivity index (χ2n) is 8.56. The monoisotopic (exact) mass is 427 g/mol. The van der Waals surface area contributed by atoms with Gasteiger partial charge in [-0.25, -0.2) is 4.98 Å². The van der Waals surface area contributed by atoms with Crippen LogP contribution in [0, 0.1) is 5.92 Å². The molecular weight excluding hydrogens is 394 g/mol. The van der Waals surface area contributed by atoms with Crippen LogP contribution in [0.3, 0.4) is 0 Å². The molecule has 1 saturated heterocycles. The van der Waals surface area contributed by atoms with Crippen molar-refractivity contribution in [1.29, 1.82) is 0 Å². The Morgan fingerprint density at radius 1 is 1.17 bits per heavy atom. The van der Waals surface area contributed by atoms with E-state index in [1.54, 1.807) is 18.4 Å². The second-order valence-corrected chi connectivity index (χ2v) is 9.50.